The van der Waals surface area contributed by atoms with Crippen LogP contribution in [0.4, 0.5) is 5.69 Å². The van der Waals surface area contributed by atoms with Crippen molar-refractivity contribution < 1.29 is 14.6 Å². The predicted octanol–water partition coefficient (Wildman–Crippen LogP) is 1.15. The van der Waals surface area contributed by atoms with Gasteiger partial charge >= 0.3 is 0 Å². The van der Waals surface area contributed by atoms with E-state index in [-0.39, 0.29) is 12.5 Å². The number of hydrogen-bond donors (Lipinski definition) is 2. The average molecular weight is 209 g/mol. The number of ether oxygens (including phenoxy) is 1. The lowest BCUT2D eigenvalue weighted by Gasteiger charge is -2.08. The number of aliphatic hydroxyl groups is 1. The van der Waals surface area contributed by atoms with Crippen LogP contribution in [0.3, 0.4) is 0 Å². The third kappa shape index (κ3) is 3.69. The summed E-state index contributed by atoms with van der Waals surface area (Å²) in [6.45, 7) is 0.313. The number of benzene rings is 1. The minimum Gasteiger partial charge on any atom is -0.392 e. The van der Waals surface area contributed by atoms with E-state index in [9.17, 15) is 4.79 Å². The van der Waals surface area contributed by atoms with Crippen LogP contribution in [0.5, 0.6) is 0 Å². The van der Waals surface area contributed by atoms with Gasteiger partial charge in [0.05, 0.1) is 19.6 Å². The van der Waals surface area contributed by atoms with Gasteiger partial charge in [-0.2, -0.15) is 0 Å². The molecule has 4 heteroatoms. The highest BCUT2D eigenvalue weighted by Gasteiger charge is 2.04. The van der Waals surface area contributed by atoms with Crippen LogP contribution in [-0.4, -0.2) is 24.7 Å². The lowest BCUT2D eigenvalue weighted by atomic mass is 10.2. The highest BCUT2D eigenvalue weighted by Crippen LogP contribution is 2.14. The van der Waals surface area contributed by atoms with Crippen molar-refractivity contribution in [3.63, 3.8) is 0 Å². The molecule has 1 aromatic carbocycles. The first kappa shape index (κ1) is 11.7. The van der Waals surface area contributed by atoms with Gasteiger partial charge in [-0.3, -0.25) is 4.79 Å². The third-order valence-corrected chi connectivity index (χ3v) is 2.00. The number of anilines is 1. The molecule has 4 nitrogen and oxygen atoms in total. The second kappa shape index (κ2) is 6.16. The topological polar surface area (TPSA) is 58.6 Å². The number of aliphatic hydroxyl groups excluding tert-OH is 1. The molecule has 0 aliphatic carbocycles. The first-order chi connectivity index (χ1) is 7.27. The van der Waals surface area contributed by atoms with Gasteiger partial charge in [-0.05, 0) is 6.07 Å². The van der Waals surface area contributed by atoms with E-state index in [4.69, 9.17) is 9.84 Å². The number of amides is 1. The van der Waals surface area contributed by atoms with E-state index in [2.05, 4.69) is 5.32 Å². The Morgan fingerprint density at radius 2 is 2.20 bits per heavy atom. The molecule has 0 heterocycles. The van der Waals surface area contributed by atoms with Crippen molar-refractivity contribution in [2.45, 2.75) is 13.0 Å². The standard InChI is InChI=1S/C11H15NO3/c1-15-7-6-11(14)12-10-5-3-2-4-9(10)8-13/h2-5,13H,6-8H2,1H3,(H,12,14). The normalized spacial score (nSPS) is 10.0. The number of para-hydroxylation sites is 1. The molecule has 1 aromatic rings. The van der Waals surface area contributed by atoms with Crippen LogP contribution < -0.4 is 5.32 Å². The van der Waals surface area contributed by atoms with Gasteiger partial charge in [0.2, 0.25) is 5.91 Å². The summed E-state index contributed by atoms with van der Waals surface area (Å²) in [7, 11) is 1.55. The predicted molar refractivity (Wildman–Crippen MR) is 57.5 cm³/mol. The molecule has 0 radical (unpaired) electrons. The Hall–Kier alpha value is -1.39. The summed E-state index contributed by atoms with van der Waals surface area (Å²) < 4.78 is 4.80. The number of carbonyl (C=O) groups excluding carboxylic acids is 1. The molecule has 0 spiro atoms. The van der Waals surface area contributed by atoms with Gasteiger partial charge in [-0.25, -0.2) is 0 Å². The molecule has 0 fully saturated rings. The van der Waals surface area contributed by atoms with Gasteiger partial charge in [-0.1, -0.05) is 18.2 Å². The van der Waals surface area contributed by atoms with Gasteiger partial charge in [0, 0.05) is 18.4 Å². The Bertz CT molecular complexity index is 325. The quantitative estimate of drug-likeness (QED) is 0.765. The summed E-state index contributed by atoms with van der Waals surface area (Å²) >= 11 is 0. The number of carbonyl (C=O) groups is 1. The Labute approximate surface area is 88.9 Å². The zero-order chi connectivity index (χ0) is 11.1. The van der Waals surface area contributed by atoms with Crippen molar-refractivity contribution in [2.75, 3.05) is 19.0 Å². The number of rotatable bonds is 5. The first-order valence-electron chi connectivity index (χ1n) is 4.75. The van der Waals surface area contributed by atoms with E-state index >= 15 is 0 Å². The molecular formula is C11H15NO3. The van der Waals surface area contributed by atoms with Crippen molar-refractivity contribution in [2.24, 2.45) is 0 Å². The summed E-state index contributed by atoms with van der Waals surface area (Å²) in [5.41, 5.74) is 1.37. The number of hydrogen-bond acceptors (Lipinski definition) is 3. The molecule has 2 N–H and O–H groups in total. The van der Waals surface area contributed by atoms with Crippen LogP contribution in [0.2, 0.25) is 0 Å². The molecule has 1 amide bonds. The molecule has 0 atom stereocenters. The largest absolute Gasteiger partial charge is 0.392 e. The Balaban J connectivity index is 2.59. The molecular weight excluding hydrogens is 194 g/mol. The van der Waals surface area contributed by atoms with Gasteiger partial charge in [0.25, 0.3) is 0 Å². The highest BCUT2D eigenvalue weighted by molar-refractivity contribution is 5.91. The summed E-state index contributed by atoms with van der Waals surface area (Å²) in [4.78, 5) is 11.4. The van der Waals surface area contributed by atoms with Gasteiger partial charge in [0.1, 0.15) is 0 Å². The Kier molecular flexibility index (Phi) is 4.80. The van der Waals surface area contributed by atoms with E-state index in [0.717, 1.165) is 0 Å². The summed E-state index contributed by atoms with van der Waals surface area (Å²) in [5.74, 6) is -0.113. The fourth-order valence-electron chi connectivity index (χ4n) is 1.19. The molecule has 0 saturated heterocycles. The van der Waals surface area contributed by atoms with E-state index in [1.165, 1.54) is 0 Å². The highest BCUT2D eigenvalue weighted by atomic mass is 16.5. The van der Waals surface area contributed by atoms with Crippen LogP contribution in [0, 0.1) is 0 Å². The van der Waals surface area contributed by atoms with Crippen molar-refractivity contribution in [1.82, 2.24) is 0 Å². The maximum absolute atomic E-state index is 11.4. The smallest absolute Gasteiger partial charge is 0.226 e. The van der Waals surface area contributed by atoms with Gasteiger partial charge < -0.3 is 15.2 Å². The van der Waals surface area contributed by atoms with Crippen LogP contribution in [0.1, 0.15) is 12.0 Å². The minimum absolute atomic E-state index is 0.0826. The zero-order valence-electron chi connectivity index (χ0n) is 8.69. The summed E-state index contributed by atoms with van der Waals surface area (Å²) in [6.07, 6.45) is 0.316. The molecule has 0 bridgehead atoms. The summed E-state index contributed by atoms with van der Waals surface area (Å²) in [6, 6.07) is 7.16. The van der Waals surface area contributed by atoms with E-state index in [1.54, 1.807) is 19.2 Å². The van der Waals surface area contributed by atoms with Crippen LogP contribution in [0.15, 0.2) is 24.3 Å². The van der Waals surface area contributed by atoms with Crippen LogP contribution in [0.25, 0.3) is 0 Å². The SMILES string of the molecule is COCCC(=O)Nc1ccccc1CO. The lowest BCUT2D eigenvalue weighted by molar-refractivity contribution is -0.117. The van der Waals surface area contributed by atoms with E-state index in [0.29, 0.717) is 24.3 Å². The second-order valence-corrected chi connectivity index (χ2v) is 3.11. The minimum atomic E-state index is -0.113. The van der Waals surface area contributed by atoms with E-state index < -0.39 is 0 Å². The molecule has 1 rings (SSSR count). The summed E-state index contributed by atoms with van der Waals surface area (Å²) in [5, 5.41) is 11.7. The Morgan fingerprint density at radius 1 is 1.47 bits per heavy atom. The molecule has 0 aliphatic heterocycles. The van der Waals surface area contributed by atoms with E-state index in [1.807, 2.05) is 12.1 Å². The molecule has 15 heavy (non-hydrogen) atoms. The maximum Gasteiger partial charge on any atom is 0.226 e. The fourth-order valence-corrected chi connectivity index (χ4v) is 1.19. The maximum atomic E-state index is 11.4. The van der Waals surface area contributed by atoms with Crippen molar-refractivity contribution in [3.8, 4) is 0 Å². The number of nitrogens with one attached hydrogen (secondary N) is 1. The van der Waals surface area contributed by atoms with Crippen molar-refractivity contribution in [3.05, 3.63) is 29.8 Å². The Morgan fingerprint density at radius 3 is 2.87 bits per heavy atom. The monoisotopic (exact) mass is 209 g/mol. The van der Waals surface area contributed by atoms with Crippen LogP contribution in [-0.2, 0) is 16.1 Å². The second-order valence-electron chi connectivity index (χ2n) is 3.11. The zero-order valence-corrected chi connectivity index (χ0v) is 8.69. The average Bonchev–Trinajstić information content (AvgIpc) is 2.27. The lowest BCUT2D eigenvalue weighted by Crippen LogP contribution is -2.14. The molecule has 0 unspecified atom stereocenters. The number of methoxy groups -OCH3 is 1. The molecule has 0 aromatic heterocycles. The van der Waals surface area contributed by atoms with Gasteiger partial charge in [0.15, 0.2) is 0 Å². The third-order valence-electron chi connectivity index (χ3n) is 2.00. The van der Waals surface area contributed by atoms with Gasteiger partial charge in [-0.15, -0.1) is 0 Å². The molecule has 0 saturated carbocycles. The molecule has 82 valence electrons. The van der Waals surface area contributed by atoms with Crippen molar-refractivity contribution in [1.29, 1.82) is 0 Å². The first-order valence-corrected chi connectivity index (χ1v) is 4.75. The fraction of sp³-hybridized carbons (Fsp3) is 0.364. The van der Waals surface area contributed by atoms with Crippen LogP contribution >= 0.6 is 0 Å². The molecule has 0 aliphatic rings. The van der Waals surface area contributed by atoms with Crippen molar-refractivity contribution >= 4 is 11.6 Å².